The Morgan fingerprint density at radius 1 is 0.366 bits per heavy atom. The van der Waals surface area contributed by atoms with E-state index in [9.17, 15) is 20.4 Å². The highest BCUT2D eigenvalue weighted by atomic mass is 16.3. The number of phenolic OH excluding ortho intramolecular Hbond substituents is 4. The summed E-state index contributed by atoms with van der Waals surface area (Å²) in [4.78, 5) is 0. The molecule has 0 saturated heterocycles. The molecule has 6 aromatic rings. The molecule has 0 aliphatic heterocycles. The van der Waals surface area contributed by atoms with Crippen molar-refractivity contribution < 1.29 is 20.4 Å². The van der Waals surface area contributed by atoms with Crippen LogP contribution in [0, 0.1) is 0 Å². The van der Waals surface area contributed by atoms with Crippen LogP contribution >= 0.6 is 0 Å². The summed E-state index contributed by atoms with van der Waals surface area (Å²) in [5.74, 6) is 0.336. The zero-order valence-corrected chi connectivity index (χ0v) is 22.1. The molecule has 4 heteroatoms. The van der Waals surface area contributed by atoms with E-state index < -0.39 is 5.41 Å². The molecule has 200 valence electrons. The van der Waals surface area contributed by atoms with E-state index in [-0.39, 0.29) is 23.0 Å². The molecule has 1 aliphatic carbocycles. The first-order valence-corrected chi connectivity index (χ1v) is 13.3. The van der Waals surface area contributed by atoms with Crippen LogP contribution in [0.25, 0.3) is 22.3 Å². The highest BCUT2D eigenvalue weighted by Crippen LogP contribution is 2.56. The van der Waals surface area contributed by atoms with Crippen LogP contribution in [-0.2, 0) is 5.41 Å². The quantitative estimate of drug-likeness (QED) is 0.172. The smallest absolute Gasteiger partial charge is 0.165 e. The fourth-order valence-corrected chi connectivity index (χ4v) is 5.83. The molecule has 4 nitrogen and oxygen atoms in total. The molecule has 6 aromatic carbocycles. The maximum absolute atomic E-state index is 9.85. The first-order valence-electron chi connectivity index (χ1n) is 13.3. The van der Waals surface area contributed by atoms with Gasteiger partial charge in [-0.25, -0.2) is 0 Å². The molecule has 41 heavy (non-hydrogen) atoms. The van der Waals surface area contributed by atoms with Gasteiger partial charge in [0.2, 0.25) is 0 Å². The molecule has 0 aromatic heterocycles. The summed E-state index contributed by atoms with van der Waals surface area (Å²) in [5.41, 5.74) is 8.07. The third-order valence-corrected chi connectivity index (χ3v) is 7.65. The standard InChI is InChI=1S/C25H18O2.C12H10O2/c26-19-13-9-17(10-14-19)25(18-11-15-20(27)16-12-18)23-7-3-1-5-21(23)22-6-2-4-8-24(22)25;13-11-8-4-7-10(12(11)14)9-5-2-1-3-6-9/h1-16,26-27H;1-8,13-14H. The van der Waals surface area contributed by atoms with Crippen molar-refractivity contribution in [2.24, 2.45) is 0 Å². The molecule has 4 N–H and O–H groups in total. The van der Waals surface area contributed by atoms with Gasteiger partial charge in [0, 0.05) is 5.56 Å². The van der Waals surface area contributed by atoms with Crippen molar-refractivity contribution >= 4 is 0 Å². The van der Waals surface area contributed by atoms with Crippen LogP contribution in [0.2, 0.25) is 0 Å². The lowest BCUT2D eigenvalue weighted by molar-refractivity contribution is 0.405. The predicted octanol–water partition coefficient (Wildman–Crippen LogP) is 8.23. The molecule has 0 bridgehead atoms. The summed E-state index contributed by atoms with van der Waals surface area (Å²) in [5, 5.41) is 38.6. The molecule has 7 rings (SSSR count). The minimum atomic E-state index is -0.491. The van der Waals surface area contributed by atoms with Gasteiger partial charge in [-0.15, -0.1) is 0 Å². The first-order chi connectivity index (χ1) is 20.0. The summed E-state index contributed by atoms with van der Waals surface area (Å²) in [7, 11) is 0. The summed E-state index contributed by atoms with van der Waals surface area (Å²) in [6, 6.07) is 46.2. The summed E-state index contributed by atoms with van der Waals surface area (Å²) in [6.07, 6.45) is 0. The van der Waals surface area contributed by atoms with Crippen LogP contribution in [-0.4, -0.2) is 20.4 Å². The van der Waals surface area contributed by atoms with Gasteiger partial charge in [0.1, 0.15) is 11.5 Å². The molecule has 1 aliphatic rings. The molecule has 0 amide bonds. The maximum Gasteiger partial charge on any atom is 0.165 e. The Hall–Kier alpha value is -5.48. The number of fused-ring (bicyclic) bond motifs is 3. The zero-order chi connectivity index (χ0) is 28.4. The lowest BCUT2D eigenvalue weighted by atomic mass is 9.68. The number of para-hydroxylation sites is 1. The minimum Gasteiger partial charge on any atom is -0.508 e. The average Bonchev–Trinajstić information content (AvgIpc) is 3.31. The van der Waals surface area contributed by atoms with Crippen LogP contribution < -0.4 is 0 Å². The van der Waals surface area contributed by atoms with E-state index in [0.29, 0.717) is 5.56 Å². The number of hydrogen-bond donors (Lipinski definition) is 4. The molecular formula is C37H28O4. The molecule has 0 radical (unpaired) electrons. The van der Waals surface area contributed by atoms with E-state index in [0.717, 1.165) is 16.7 Å². The second kappa shape index (κ2) is 10.6. The van der Waals surface area contributed by atoms with Gasteiger partial charge in [-0.2, -0.15) is 0 Å². The van der Waals surface area contributed by atoms with Gasteiger partial charge >= 0.3 is 0 Å². The van der Waals surface area contributed by atoms with E-state index in [2.05, 4.69) is 48.5 Å². The first kappa shape index (κ1) is 25.8. The summed E-state index contributed by atoms with van der Waals surface area (Å²) < 4.78 is 0. The maximum atomic E-state index is 9.85. The Bertz CT molecular complexity index is 1710. The fourth-order valence-electron chi connectivity index (χ4n) is 5.83. The average molecular weight is 537 g/mol. The van der Waals surface area contributed by atoms with E-state index in [1.165, 1.54) is 28.3 Å². The SMILES string of the molecule is Oc1ccc(C2(c3ccc(O)cc3)c3ccccc3-c3ccccc32)cc1.Oc1cccc(-c2ccccc2)c1O. The number of hydrogen-bond acceptors (Lipinski definition) is 4. The molecule has 0 heterocycles. The normalized spacial score (nSPS) is 12.5. The molecule has 0 spiro atoms. The lowest BCUT2D eigenvalue weighted by Crippen LogP contribution is -2.28. The molecule has 0 unspecified atom stereocenters. The monoisotopic (exact) mass is 536 g/mol. The van der Waals surface area contributed by atoms with Crippen molar-refractivity contribution in [2.75, 3.05) is 0 Å². The third-order valence-electron chi connectivity index (χ3n) is 7.65. The van der Waals surface area contributed by atoms with Gasteiger partial charge in [-0.05, 0) is 69.3 Å². The van der Waals surface area contributed by atoms with Crippen molar-refractivity contribution in [1.29, 1.82) is 0 Å². The largest absolute Gasteiger partial charge is 0.508 e. The molecular weight excluding hydrogens is 508 g/mol. The molecule has 0 saturated carbocycles. The predicted molar refractivity (Wildman–Crippen MR) is 162 cm³/mol. The molecule has 0 atom stereocenters. The number of phenols is 4. The Morgan fingerprint density at radius 3 is 1.32 bits per heavy atom. The highest BCUT2D eigenvalue weighted by Gasteiger charge is 2.45. The summed E-state index contributed by atoms with van der Waals surface area (Å²) in [6.45, 7) is 0. The topological polar surface area (TPSA) is 80.9 Å². The van der Waals surface area contributed by atoms with Gasteiger partial charge in [-0.3, -0.25) is 0 Å². The second-order valence-electron chi connectivity index (χ2n) is 9.97. The van der Waals surface area contributed by atoms with Crippen LogP contribution in [0.15, 0.2) is 146 Å². The summed E-state index contributed by atoms with van der Waals surface area (Å²) >= 11 is 0. The zero-order valence-electron chi connectivity index (χ0n) is 22.1. The number of aromatic hydroxyl groups is 4. The van der Waals surface area contributed by atoms with Crippen molar-refractivity contribution in [3.05, 3.63) is 168 Å². The molecule has 0 fully saturated rings. The second-order valence-corrected chi connectivity index (χ2v) is 9.97. The van der Waals surface area contributed by atoms with E-state index in [1.54, 1.807) is 36.4 Å². The Kier molecular flexibility index (Phi) is 6.66. The van der Waals surface area contributed by atoms with Gasteiger partial charge in [0.25, 0.3) is 0 Å². The van der Waals surface area contributed by atoms with Gasteiger partial charge < -0.3 is 20.4 Å². The Labute approximate surface area is 238 Å². The van der Waals surface area contributed by atoms with E-state index >= 15 is 0 Å². The third kappa shape index (κ3) is 4.46. The van der Waals surface area contributed by atoms with Crippen LogP contribution in [0.3, 0.4) is 0 Å². The Morgan fingerprint density at radius 2 is 0.805 bits per heavy atom. The van der Waals surface area contributed by atoms with Crippen LogP contribution in [0.1, 0.15) is 22.3 Å². The van der Waals surface area contributed by atoms with Crippen molar-refractivity contribution in [2.45, 2.75) is 5.41 Å². The number of rotatable bonds is 3. The van der Waals surface area contributed by atoms with Crippen LogP contribution in [0.5, 0.6) is 23.0 Å². The minimum absolute atomic E-state index is 0.0706. The van der Waals surface area contributed by atoms with Gasteiger partial charge in [0.05, 0.1) is 5.41 Å². The van der Waals surface area contributed by atoms with Crippen molar-refractivity contribution in [3.8, 4) is 45.3 Å². The Balaban J connectivity index is 0.000000182. The highest BCUT2D eigenvalue weighted by molar-refractivity contribution is 5.86. The van der Waals surface area contributed by atoms with Crippen molar-refractivity contribution in [1.82, 2.24) is 0 Å². The van der Waals surface area contributed by atoms with Gasteiger partial charge in [0.15, 0.2) is 11.5 Å². The van der Waals surface area contributed by atoms with Crippen molar-refractivity contribution in [3.63, 3.8) is 0 Å². The van der Waals surface area contributed by atoms with Gasteiger partial charge in [-0.1, -0.05) is 115 Å². The van der Waals surface area contributed by atoms with E-state index in [4.69, 9.17) is 0 Å². The fraction of sp³-hybridized carbons (Fsp3) is 0.0270. The lowest BCUT2D eigenvalue weighted by Gasteiger charge is -2.33. The van der Waals surface area contributed by atoms with E-state index in [1.807, 2.05) is 54.6 Å². The van der Waals surface area contributed by atoms with Crippen LogP contribution in [0.4, 0.5) is 0 Å². The number of benzene rings is 6.